The number of likely N-dealkylation sites (tertiary alicyclic amines) is 1. The number of ether oxygens (including phenoxy) is 1. The number of anilines is 1. The third-order valence-corrected chi connectivity index (χ3v) is 3.75. The zero-order valence-corrected chi connectivity index (χ0v) is 14.1. The van der Waals surface area contributed by atoms with Crippen LogP contribution in [0.1, 0.15) is 32.8 Å². The van der Waals surface area contributed by atoms with E-state index in [0.717, 1.165) is 12.5 Å². The van der Waals surface area contributed by atoms with Crippen molar-refractivity contribution in [1.82, 2.24) is 4.90 Å². The molecule has 0 spiro atoms. The lowest BCUT2D eigenvalue weighted by Gasteiger charge is -2.24. The second-order valence-corrected chi connectivity index (χ2v) is 7.01. The van der Waals surface area contributed by atoms with Gasteiger partial charge in [0.2, 0.25) is 0 Å². The molecule has 1 aromatic carbocycles. The van der Waals surface area contributed by atoms with Crippen molar-refractivity contribution in [2.45, 2.75) is 39.0 Å². The van der Waals surface area contributed by atoms with Gasteiger partial charge in [-0.05, 0) is 45.2 Å². The predicted molar refractivity (Wildman–Crippen MR) is 85.8 cm³/mol. The summed E-state index contributed by atoms with van der Waals surface area (Å²) in [6.45, 7) is 6.82. The van der Waals surface area contributed by atoms with Crippen LogP contribution in [0.3, 0.4) is 0 Å². The SMILES string of the molecule is CC(C)(C)OC(=O)N1CC[C@H](CNc2ccccc2C(F)(F)F)C1. The maximum absolute atomic E-state index is 13.0. The van der Waals surface area contributed by atoms with E-state index in [-0.39, 0.29) is 17.7 Å². The molecule has 1 N–H and O–H groups in total. The van der Waals surface area contributed by atoms with Crippen LogP contribution in [0.4, 0.5) is 23.7 Å². The number of rotatable bonds is 3. The number of para-hydroxylation sites is 1. The van der Waals surface area contributed by atoms with E-state index in [9.17, 15) is 18.0 Å². The minimum Gasteiger partial charge on any atom is -0.444 e. The second-order valence-electron chi connectivity index (χ2n) is 7.01. The summed E-state index contributed by atoms with van der Waals surface area (Å²) >= 11 is 0. The zero-order chi connectivity index (χ0) is 18.0. The third-order valence-electron chi connectivity index (χ3n) is 3.75. The van der Waals surface area contributed by atoms with Crippen molar-refractivity contribution in [2.75, 3.05) is 25.0 Å². The minimum absolute atomic E-state index is 0.0701. The molecular weight excluding hydrogens is 321 g/mol. The third kappa shape index (κ3) is 5.04. The number of halogens is 3. The molecule has 0 aliphatic carbocycles. The van der Waals surface area contributed by atoms with Crippen LogP contribution >= 0.6 is 0 Å². The lowest BCUT2D eigenvalue weighted by molar-refractivity contribution is -0.137. The molecule has 1 aliphatic rings. The van der Waals surface area contributed by atoms with E-state index in [1.165, 1.54) is 12.1 Å². The van der Waals surface area contributed by atoms with Crippen molar-refractivity contribution in [3.05, 3.63) is 29.8 Å². The Morgan fingerprint density at radius 3 is 2.58 bits per heavy atom. The predicted octanol–water partition coefficient (Wildman–Crippen LogP) is 4.37. The highest BCUT2D eigenvalue weighted by atomic mass is 19.4. The number of hydrogen-bond donors (Lipinski definition) is 1. The van der Waals surface area contributed by atoms with Crippen LogP contribution in [0.2, 0.25) is 0 Å². The van der Waals surface area contributed by atoms with E-state index in [2.05, 4.69) is 5.32 Å². The van der Waals surface area contributed by atoms with Crippen LogP contribution in [-0.2, 0) is 10.9 Å². The lowest BCUT2D eigenvalue weighted by atomic mass is 10.1. The fourth-order valence-electron chi connectivity index (χ4n) is 2.63. The maximum Gasteiger partial charge on any atom is 0.418 e. The normalized spacial score (nSPS) is 18.6. The molecule has 1 atom stereocenters. The molecule has 0 saturated carbocycles. The largest absolute Gasteiger partial charge is 0.444 e. The van der Waals surface area contributed by atoms with Crippen LogP contribution in [0.5, 0.6) is 0 Å². The van der Waals surface area contributed by atoms with Crippen LogP contribution in [0.15, 0.2) is 24.3 Å². The van der Waals surface area contributed by atoms with Gasteiger partial charge in [-0.15, -0.1) is 0 Å². The summed E-state index contributed by atoms with van der Waals surface area (Å²) in [7, 11) is 0. The molecule has 1 heterocycles. The number of carbonyl (C=O) groups excluding carboxylic acids is 1. The molecule has 1 saturated heterocycles. The summed E-state index contributed by atoms with van der Waals surface area (Å²) in [6, 6.07) is 5.42. The summed E-state index contributed by atoms with van der Waals surface area (Å²) in [6.07, 6.45) is -4.02. The highest BCUT2D eigenvalue weighted by molar-refractivity contribution is 5.68. The number of nitrogens with one attached hydrogen (secondary N) is 1. The highest BCUT2D eigenvalue weighted by Crippen LogP contribution is 2.34. The Bertz CT molecular complexity index is 582. The molecule has 24 heavy (non-hydrogen) atoms. The Balaban J connectivity index is 1.90. The highest BCUT2D eigenvalue weighted by Gasteiger charge is 2.34. The van der Waals surface area contributed by atoms with Crippen molar-refractivity contribution in [3.8, 4) is 0 Å². The lowest BCUT2D eigenvalue weighted by Crippen LogP contribution is -2.35. The molecule has 134 valence electrons. The monoisotopic (exact) mass is 344 g/mol. The minimum atomic E-state index is -4.39. The Morgan fingerprint density at radius 1 is 1.29 bits per heavy atom. The number of nitrogens with zero attached hydrogens (tertiary/aromatic N) is 1. The van der Waals surface area contributed by atoms with Crippen LogP contribution in [0.25, 0.3) is 0 Å². The first kappa shape index (κ1) is 18.4. The van der Waals surface area contributed by atoms with E-state index in [0.29, 0.717) is 19.6 Å². The van der Waals surface area contributed by atoms with Gasteiger partial charge in [0.05, 0.1) is 5.56 Å². The number of amides is 1. The van der Waals surface area contributed by atoms with Crippen LogP contribution in [0, 0.1) is 5.92 Å². The van der Waals surface area contributed by atoms with E-state index in [4.69, 9.17) is 4.74 Å². The van der Waals surface area contributed by atoms with Crippen molar-refractivity contribution < 1.29 is 22.7 Å². The summed E-state index contributed by atoms with van der Waals surface area (Å²) in [5, 5.41) is 2.87. The molecule has 2 rings (SSSR count). The summed E-state index contributed by atoms with van der Waals surface area (Å²) in [4.78, 5) is 13.6. The fraction of sp³-hybridized carbons (Fsp3) is 0.588. The summed E-state index contributed by atoms with van der Waals surface area (Å²) in [5.41, 5.74) is -1.16. The molecule has 0 aromatic heterocycles. The average molecular weight is 344 g/mol. The van der Waals surface area contributed by atoms with Crippen molar-refractivity contribution >= 4 is 11.8 Å². The molecule has 0 radical (unpaired) electrons. The number of benzene rings is 1. The number of carbonyl (C=O) groups is 1. The fourth-order valence-corrected chi connectivity index (χ4v) is 2.63. The van der Waals surface area contributed by atoms with Crippen molar-refractivity contribution in [2.24, 2.45) is 5.92 Å². The van der Waals surface area contributed by atoms with Gasteiger partial charge in [-0.1, -0.05) is 12.1 Å². The molecule has 0 bridgehead atoms. The quantitative estimate of drug-likeness (QED) is 0.885. The Kier molecular flexibility index (Phi) is 5.30. The first-order valence-corrected chi connectivity index (χ1v) is 7.94. The Hall–Kier alpha value is -1.92. The molecular formula is C17H23F3N2O2. The Labute approximate surface area is 140 Å². The van der Waals surface area contributed by atoms with Crippen molar-refractivity contribution in [1.29, 1.82) is 0 Å². The number of hydrogen-bond acceptors (Lipinski definition) is 3. The van der Waals surface area contributed by atoms with Gasteiger partial charge in [-0.2, -0.15) is 13.2 Å². The topological polar surface area (TPSA) is 41.6 Å². The van der Waals surface area contributed by atoms with Gasteiger partial charge >= 0.3 is 12.3 Å². The molecule has 7 heteroatoms. The number of alkyl halides is 3. The molecule has 1 amide bonds. The van der Waals surface area contributed by atoms with E-state index >= 15 is 0 Å². The van der Waals surface area contributed by atoms with Gasteiger partial charge < -0.3 is 15.0 Å². The van der Waals surface area contributed by atoms with Gasteiger partial charge in [-0.25, -0.2) is 4.79 Å². The maximum atomic E-state index is 13.0. The molecule has 0 unspecified atom stereocenters. The summed E-state index contributed by atoms with van der Waals surface area (Å²) < 4.78 is 44.2. The first-order chi connectivity index (χ1) is 11.1. The van der Waals surface area contributed by atoms with Crippen LogP contribution < -0.4 is 5.32 Å². The van der Waals surface area contributed by atoms with Gasteiger partial charge in [0.15, 0.2) is 0 Å². The van der Waals surface area contributed by atoms with Crippen LogP contribution in [-0.4, -0.2) is 36.2 Å². The molecule has 1 fully saturated rings. The molecule has 4 nitrogen and oxygen atoms in total. The van der Waals surface area contributed by atoms with E-state index in [1.54, 1.807) is 31.7 Å². The van der Waals surface area contributed by atoms with Gasteiger partial charge in [0.25, 0.3) is 0 Å². The molecule has 1 aliphatic heterocycles. The van der Waals surface area contributed by atoms with Crippen molar-refractivity contribution in [3.63, 3.8) is 0 Å². The Morgan fingerprint density at radius 2 is 1.96 bits per heavy atom. The van der Waals surface area contributed by atoms with Gasteiger partial charge in [0.1, 0.15) is 5.60 Å². The second kappa shape index (κ2) is 6.91. The molecule has 1 aromatic rings. The summed E-state index contributed by atoms with van der Waals surface area (Å²) in [5.74, 6) is 0.0961. The smallest absolute Gasteiger partial charge is 0.418 e. The first-order valence-electron chi connectivity index (χ1n) is 7.94. The zero-order valence-electron chi connectivity index (χ0n) is 14.1. The average Bonchev–Trinajstić information content (AvgIpc) is 2.91. The van der Waals surface area contributed by atoms with Gasteiger partial charge in [-0.3, -0.25) is 0 Å². The van der Waals surface area contributed by atoms with Gasteiger partial charge in [0, 0.05) is 25.3 Å². The van der Waals surface area contributed by atoms with E-state index in [1.807, 2.05) is 0 Å². The van der Waals surface area contributed by atoms with E-state index < -0.39 is 17.3 Å². The standard InChI is InChI=1S/C17H23F3N2O2/c1-16(2,3)24-15(23)22-9-8-12(11-22)10-21-14-7-5-4-6-13(14)17(18,19)20/h4-7,12,21H,8-11H2,1-3H3/t12-/m1/s1.